The van der Waals surface area contributed by atoms with E-state index in [2.05, 4.69) is 19.9 Å². The zero-order valence-electron chi connectivity index (χ0n) is 18.4. The Morgan fingerprint density at radius 2 is 1.63 bits per heavy atom. The molecule has 1 aliphatic heterocycles. The molecule has 0 unspecified atom stereocenters. The number of pyridine rings is 1. The quantitative estimate of drug-likeness (QED) is 0.354. The topological polar surface area (TPSA) is 75.8 Å². The molecule has 178 valence electrons. The summed E-state index contributed by atoms with van der Waals surface area (Å²) in [6, 6.07) is 7.31. The normalized spacial score (nSPS) is 14.9. The van der Waals surface area contributed by atoms with E-state index >= 15 is 0 Å². The summed E-state index contributed by atoms with van der Waals surface area (Å²) >= 11 is 0. The Bertz CT molecular complexity index is 1520. The third-order valence-corrected chi connectivity index (χ3v) is 6.45. The lowest BCUT2D eigenvalue weighted by molar-refractivity contribution is 0.502. The molecule has 4 heterocycles. The average Bonchev–Trinajstić information content (AvgIpc) is 3.42. The number of halogens is 4. The van der Waals surface area contributed by atoms with Gasteiger partial charge in [-0.1, -0.05) is 0 Å². The highest BCUT2D eigenvalue weighted by Crippen LogP contribution is 2.39. The molecule has 6 rings (SSSR count). The van der Waals surface area contributed by atoms with E-state index in [1.807, 2.05) is 0 Å². The van der Waals surface area contributed by atoms with Crippen molar-refractivity contribution in [3.05, 3.63) is 72.1 Å². The molecule has 0 amide bonds. The monoisotopic (exact) mass is 480 g/mol. The van der Waals surface area contributed by atoms with Gasteiger partial charge in [-0.25, -0.2) is 22.5 Å². The molecule has 1 saturated heterocycles. The molecule has 0 saturated carbocycles. The summed E-state index contributed by atoms with van der Waals surface area (Å²) in [5, 5.41) is 0. The van der Waals surface area contributed by atoms with Gasteiger partial charge >= 0.3 is 0 Å². The van der Waals surface area contributed by atoms with Crippen LogP contribution in [0.2, 0.25) is 0 Å². The van der Waals surface area contributed by atoms with Gasteiger partial charge in [0, 0.05) is 55.3 Å². The Balaban J connectivity index is 1.61. The first kappa shape index (κ1) is 21.6. The number of imidazole rings is 1. The standard InChI is InChI=1S/C25H20F4N6/c26-14-7-13(8-15(27)9-14)17-12-31-20-3-6-35(24(20)23(17)34-4-1-16(30)2-5-34)25-32-21-10-18(28)19(29)11-22(21)33-25/h3,6-12,16H,1-2,4-5,30H2,(H,32,33). The van der Waals surface area contributed by atoms with Crippen LogP contribution in [0.3, 0.4) is 0 Å². The highest BCUT2D eigenvalue weighted by atomic mass is 19.2. The van der Waals surface area contributed by atoms with Gasteiger partial charge in [0.1, 0.15) is 11.6 Å². The summed E-state index contributed by atoms with van der Waals surface area (Å²) < 4.78 is 57.6. The van der Waals surface area contributed by atoms with Crippen molar-refractivity contribution >= 4 is 27.8 Å². The lowest BCUT2D eigenvalue weighted by atomic mass is 10.00. The first-order valence-corrected chi connectivity index (χ1v) is 11.2. The number of nitrogens with two attached hydrogens (primary N) is 1. The van der Waals surface area contributed by atoms with E-state index in [1.54, 1.807) is 23.0 Å². The number of H-pyrrole nitrogens is 1. The Morgan fingerprint density at radius 3 is 2.37 bits per heavy atom. The summed E-state index contributed by atoms with van der Waals surface area (Å²) in [6.45, 7) is 1.29. The maximum Gasteiger partial charge on any atom is 0.212 e. The number of aromatic nitrogens is 4. The van der Waals surface area contributed by atoms with Gasteiger partial charge in [0.25, 0.3) is 0 Å². The van der Waals surface area contributed by atoms with Gasteiger partial charge in [0.2, 0.25) is 5.95 Å². The number of anilines is 1. The van der Waals surface area contributed by atoms with Crippen LogP contribution in [0, 0.1) is 23.3 Å². The molecular formula is C25H20F4N6. The fraction of sp³-hybridized carbons (Fsp3) is 0.200. The Hall–Kier alpha value is -3.92. The van der Waals surface area contributed by atoms with E-state index in [9.17, 15) is 17.6 Å². The smallest absolute Gasteiger partial charge is 0.212 e. The lowest BCUT2D eigenvalue weighted by Crippen LogP contribution is -2.40. The Kier molecular flexibility index (Phi) is 4.99. The van der Waals surface area contributed by atoms with Crippen molar-refractivity contribution in [2.45, 2.75) is 18.9 Å². The van der Waals surface area contributed by atoms with Gasteiger partial charge in [0.05, 0.1) is 27.8 Å². The van der Waals surface area contributed by atoms with Crippen LogP contribution in [0.15, 0.2) is 48.8 Å². The van der Waals surface area contributed by atoms with Crippen molar-refractivity contribution in [3.8, 4) is 17.1 Å². The lowest BCUT2D eigenvalue weighted by Gasteiger charge is -2.34. The highest BCUT2D eigenvalue weighted by Gasteiger charge is 2.25. The van der Waals surface area contributed by atoms with Gasteiger partial charge in [-0.05, 0) is 36.6 Å². The minimum atomic E-state index is -0.990. The number of piperidine rings is 1. The zero-order chi connectivity index (χ0) is 24.3. The second kappa shape index (κ2) is 8.09. The molecule has 1 fully saturated rings. The van der Waals surface area contributed by atoms with E-state index in [0.29, 0.717) is 46.7 Å². The minimum Gasteiger partial charge on any atom is -0.369 e. The molecule has 2 aromatic carbocycles. The van der Waals surface area contributed by atoms with E-state index < -0.39 is 23.3 Å². The van der Waals surface area contributed by atoms with Crippen molar-refractivity contribution < 1.29 is 17.6 Å². The molecule has 6 nitrogen and oxygen atoms in total. The van der Waals surface area contributed by atoms with Crippen molar-refractivity contribution in [2.75, 3.05) is 18.0 Å². The number of aromatic amines is 1. The van der Waals surface area contributed by atoms with E-state index in [1.165, 1.54) is 12.1 Å². The maximum atomic E-state index is 14.1. The molecule has 3 N–H and O–H groups in total. The third-order valence-electron chi connectivity index (χ3n) is 6.45. The van der Waals surface area contributed by atoms with Gasteiger partial charge < -0.3 is 15.6 Å². The summed E-state index contributed by atoms with van der Waals surface area (Å²) in [5.74, 6) is -3.02. The Morgan fingerprint density at radius 1 is 0.914 bits per heavy atom. The van der Waals surface area contributed by atoms with E-state index in [4.69, 9.17) is 5.73 Å². The van der Waals surface area contributed by atoms with Crippen molar-refractivity contribution in [2.24, 2.45) is 5.73 Å². The second-order valence-corrected chi connectivity index (χ2v) is 8.77. The van der Waals surface area contributed by atoms with Crippen LogP contribution in [-0.4, -0.2) is 38.7 Å². The molecule has 3 aromatic heterocycles. The van der Waals surface area contributed by atoms with Crippen molar-refractivity contribution in [3.63, 3.8) is 0 Å². The Labute approximate surface area is 197 Å². The summed E-state index contributed by atoms with van der Waals surface area (Å²) in [6.07, 6.45) is 4.86. The first-order valence-electron chi connectivity index (χ1n) is 11.2. The molecule has 0 bridgehead atoms. The molecule has 0 radical (unpaired) electrons. The van der Waals surface area contributed by atoms with Crippen LogP contribution in [0.25, 0.3) is 39.1 Å². The van der Waals surface area contributed by atoms with Crippen LogP contribution in [0.1, 0.15) is 12.8 Å². The first-order chi connectivity index (χ1) is 16.9. The fourth-order valence-electron chi connectivity index (χ4n) is 4.73. The fourth-order valence-corrected chi connectivity index (χ4v) is 4.73. The zero-order valence-corrected chi connectivity index (χ0v) is 18.4. The summed E-state index contributed by atoms with van der Waals surface area (Å²) in [5.41, 5.74) is 9.65. The number of fused-ring (bicyclic) bond motifs is 2. The van der Waals surface area contributed by atoms with Crippen LogP contribution in [-0.2, 0) is 0 Å². The van der Waals surface area contributed by atoms with Crippen molar-refractivity contribution in [1.29, 1.82) is 0 Å². The summed E-state index contributed by atoms with van der Waals surface area (Å²) in [4.78, 5) is 14.1. The minimum absolute atomic E-state index is 0.0746. The highest BCUT2D eigenvalue weighted by molar-refractivity contribution is 5.99. The van der Waals surface area contributed by atoms with Crippen LogP contribution in [0.4, 0.5) is 23.2 Å². The van der Waals surface area contributed by atoms with E-state index in [0.717, 1.165) is 36.7 Å². The van der Waals surface area contributed by atoms with Gasteiger partial charge in [0.15, 0.2) is 11.6 Å². The van der Waals surface area contributed by atoms with E-state index in [-0.39, 0.29) is 11.6 Å². The number of hydrogen-bond acceptors (Lipinski definition) is 4. The molecule has 0 aliphatic carbocycles. The number of rotatable bonds is 3. The predicted octanol–water partition coefficient (Wildman–Crippen LogP) is 5.05. The third kappa shape index (κ3) is 3.70. The molecular weight excluding hydrogens is 460 g/mol. The number of nitrogens with zero attached hydrogens (tertiary/aromatic N) is 4. The molecule has 35 heavy (non-hydrogen) atoms. The number of hydrogen-bond donors (Lipinski definition) is 2. The van der Waals surface area contributed by atoms with Crippen molar-refractivity contribution in [1.82, 2.24) is 19.5 Å². The van der Waals surface area contributed by atoms with Crippen LogP contribution in [0.5, 0.6) is 0 Å². The molecule has 1 aliphatic rings. The maximum absolute atomic E-state index is 14.1. The van der Waals surface area contributed by atoms with Crippen LogP contribution < -0.4 is 10.6 Å². The number of nitrogens with one attached hydrogen (secondary N) is 1. The van der Waals surface area contributed by atoms with Gasteiger partial charge in [-0.3, -0.25) is 9.55 Å². The summed E-state index contributed by atoms with van der Waals surface area (Å²) in [7, 11) is 0. The second-order valence-electron chi connectivity index (χ2n) is 8.77. The van der Waals surface area contributed by atoms with Gasteiger partial charge in [-0.2, -0.15) is 0 Å². The SMILES string of the molecule is NC1CCN(c2c(-c3cc(F)cc(F)c3)cnc3ccn(-c4nc5cc(F)c(F)cc5[nH]4)c23)CC1. The largest absolute Gasteiger partial charge is 0.369 e. The predicted molar refractivity (Wildman–Crippen MR) is 125 cm³/mol. The molecule has 0 spiro atoms. The average molecular weight is 480 g/mol. The molecule has 10 heteroatoms. The van der Waals surface area contributed by atoms with Crippen LogP contribution >= 0.6 is 0 Å². The molecule has 0 atom stereocenters. The molecule has 5 aromatic rings. The number of benzene rings is 2. The van der Waals surface area contributed by atoms with Gasteiger partial charge in [-0.15, -0.1) is 0 Å².